The van der Waals surface area contributed by atoms with Gasteiger partial charge in [0, 0.05) is 122 Å². The summed E-state index contributed by atoms with van der Waals surface area (Å²) in [5.41, 5.74) is 17.2. The third kappa shape index (κ3) is 28.6. The number of hydrogen-bond acceptors (Lipinski definition) is 27. The van der Waals surface area contributed by atoms with Gasteiger partial charge in [-0.15, -0.1) is 34.0 Å². The average molecular weight is 2090 g/mol. The van der Waals surface area contributed by atoms with Crippen molar-refractivity contribution in [3.8, 4) is 31.3 Å². The number of amides is 4. The number of halogens is 1. The fraction of sp³-hybridized carbons (Fsp3) is 0.530. The predicted molar refractivity (Wildman–Crippen MR) is 571 cm³/mol. The number of likely N-dealkylation sites (tertiary alicyclic amines) is 4. The van der Waals surface area contributed by atoms with Crippen LogP contribution in [-0.2, 0) is 84.3 Å². The number of aromatic nitrogens is 7. The lowest BCUT2D eigenvalue weighted by atomic mass is 9.77. The van der Waals surface area contributed by atoms with Gasteiger partial charge in [0.1, 0.15) is 46.7 Å². The second kappa shape index (κ2) is 48.3. The summed E-state index contributed by atoms with van der Waals surface area (Å²) in [6.45, 7) is 50.3. The number of nitrogens with zero attached hydrogens (tertiary/aromatic N) is 11. The van der Waals surface area contributed by atoms with Crippen molar-refractivity contribution in [2.24, 2.45) is 23.2 Å². The van der Waals surface area contributed by atoms with Crippen molar-refractivity contribution in [3.63, 3.8) is 0 Å². The highest BCUT2D eigenvalue weighted by Crippen LogP contribution is 2.45. The van der Waals surface area contributed by atoms with E-state index in [1.165, 1.54) is 16.2 Å². The van der Waals surface area contributed by atoms with Crippen LogP contribution in [0.25, 0.3) is 31.3 Å². The highest BCUT2D eigenvalue weighted by Gasteiger charge is 2.50. The van der Waals surface area contributed by atoms with Crippen molar-refractivity contribution in [1.82, 2.24) is 55.2 Å². The Balaban J connectivity index is 0.000000175. The molecule has 4 amide bonds. The maximum atomic E-state index is 14.0. The van der Waals surface area contributed by atoms with Crippen LogP contribution in [0.4, 0.5) is 0 Å². The minimum atomic E-state index is -0.745. The van der Waals surface area contributed by atoms with Gasteiger partial charge in [-0.2, -0.15) is 0 Å². The Kier molecular flexibility index (Phi) is 37.7. The molecule has 28 nitrogen and oxygen atoms in total. The van der Waals surface area contributed by atoms with Crippen molar-refractivity contribution >= 4 is 98.2 Å². The van der Waals surface area contributed by atoms with E-state index in [1.807, 2.05) is 269 Å². The van der Waals surface area contributed by atoms with Crippen LogP contribution >= 0.6 is 45.6 Å². The molecule has 147 heavy (non-hydrogen) atoms. The third-order valence-corrected chi connectivity index (χ3v) is 31.3. The van der Waals surface area contributed by atoms with Gasteiger partial charge in [-0.05, 0) is 113 Å². The molecule has 7 aromatic heterocycles. The lowest BCUT2D eigenvalue weighted by Crippen LogP contribution is -2.46. The summed E-state index contributed by atoms with van der Waals surface area (Å²) in [6, 6.07) is 36.4. The fourth-order valence-corrected chi connectivity index (χ4v) is 22.0. The first-order chi connectivity index (χ1) is 69.0. The SMILES string of the molecule is CC(C)C(C(=O)N1CC(O)CC1C(=O)CCc1ccc(Cl)cc1)c1cc(C(C)(C)C)no1.CC(CC(=O)C1CC(O)CN1C(=O)C(c1cc(C(C)(C)C)no1)C(C)C)c1ccc(-c2scnc2CO)cc1.Cc1ncsc1-c1ccc(C(C)CC(=O)C2CC(O)CN2C(=O)C(c2cc(C(C)(C)C)no2)C(C)(C)C)cc1.Cc1ncsc1-c1ccc(CCC(=O)C2CC(=O)CN2C(=O)C(c2cc(C(C)(C)C)no2)C(C)C)cc1. The molecule has 0 saturated carbocycles. The number of rotatable bonds is 31. The molecule has 13 atom stereocenters. The first-order valence-electron chi connectivity index (χ1n) is 51.1. The van der Waals surface area contributed by atoms with Crippen molar-refractivity contribution < 1.29 is 81.7 Å². The highest BCUT2D eigenvalue weighted by molar-refractivity contribution is 7.14. The first-order valence-corrected chi connectivity index (χ1v) is 54.2. The molecule has 0 aliphatic carbocycles. The lowest BCUT2D eigenvalue weighted by molar-refractivity contribution is -0.141. The van der Waals surface area contributed by atoms with Crippen LogP contribution in [0.15, 0.2) is 156 Å². The van der Waals surface area contributed by atoms with Crippen LogP contribution in [-0.4, -0.2) is 197 Å². The van der Waals surface area contributed by atoms with E-state index in [2.05, 4.69) is 59.8 Å². The number of carbonyl (C=O) groups is 9. The summed E-state index contributed by atoms with van der Waals surface area (Å²) >= 11 is 10.6. The van der Waals surface area contributed by atoms with E-state index >= 15 is 0 Å². The molecule has 4 saturated heterocycles. The molecule has 11 heterocycles. The number of hydrogen-bond donors (Lipinski definition) is 4. The van der Waals surface area contributed by atoms with Crippen LogP contribution in [0.2, 0.25) is 5.02 Å². The van der Waals surface area contributed by atoms with E-state index in [-0.39, 0.29) is 182 Å². The summed E-state index contributed by atoms with van der Waals surface area (Å²) in [7, 11) is 0. The van der Waals surface area contributed by atoms with Gasteiger partial charge in [-0.1, -0.05) is 276 Å². The number of thiazole rings is 3. The molecule has 0 bridgehead atoms. The van der Waals surface area contributed by atoms with Crippen molar-refractivity contribution in [2.75, 3.05) is 26.2 Å². The van der Waals surface area contributed by atoms with E-state index in [0.717, 1.165) is 87.7 Å². The molecule has 4 fully saturated rings. The molecule has 4 aliphatic heterocycles. The number of aryl methyl sites for hydroxylation is 4. The Labute approximate surface area is 881 Å². The van der Waals surface area contributed by atoms with E-state index in [4.69, 9.17) is 29.7 Å². The Hall–Kier alpha value is -11.0. The smallest absolute Gasteiger partial charge is 0.234 e. The second-order valence-electron chi connectivity index (χ2n) is 46.3. The van der Waals surface area contributed by atoms with Crippen molar-refractivity contribution in [1.29, 1.82) is 0 Å². The van der Waals surface area contributed by atoms with Crippen molar-refractivity contribution in [3.05, 3.63) is 228 Å². The van der Waals surface area contributed by atoms with Gasteiger partial charge >= 0.3 is 0 Å². The zero-order chi connectivity index (χ0) is 108. The molecule has 4 aliphatic rings. The van der Waals surface area contributed by atoms with E-state index in [9.17, 15) is 63.6 Å². The third-order valence-electron chi connectivity index (χ3n) is 28.1. The maximum Gasteiger partial charge on any atom is 0.234 e. The van der Waals surface area contributed by atoms with Crippen LogP contribution in [0, 0.1) is 37.0 Å². The standard InChI is InChI=1S/C31H41N3O4S.C30H39N3O5S.C29H35N3O4S.C25H33ClN2O4/c1-18(20-9-11-21(12-10-20)28-19(2)32-17-39-28)13-24(36)23-14-22(35)16-34(23)29(37)27(31(6,7)8)25-15-26(33-38-25)30(3,4)5;1-17(2)27(25-13-26(32-38-25)30(4,5)6)29(37)33-14-21(35)12-23(33)24(36)11-18(3)19-7-9-20(10-8-19)28-22(15-34)31-16-39-28;1-17(2)26(24-14-25(31-36-24)29(4,5)6)28(35)32-15-21(33)13-22(32)23(34)12-9-19-7-10-20(11-8-19)27-18(3)30-16-37-27;1-15(2)23(21-13-22(27-32-21)25(3,4)5)24(31)28-14-18(29)12-19(28)20(30)11-8-16-6-9-17(26)10-7-16/h9-12,15,17-18,22-23,27,35H,13-14,16H2,1-8H3;7-10,13,16-18,21,23,27,34-35H,11-12,14-15H2,1-6H3;7-8,10-11,14,16-17,22,26H,9,12-13,15H2,1-6H3;6-7,9-10,13,15,18-19,23,29H,8,11-12,14H2,1-5H3. The number of ketones is 5. The van der Waals surface area contributed by atoms with Gasteiger partial charge in [-0.3, -0.25) is 43.2 Å². The molecule has 0 spiro atoms. The lowest BCUT2D eigenvalue weighted by Gasteiger charge is -2.33. The van der Waals surface area contributed by atoms with Gasteiger partial charge in [0.2, 0.25) is 23.6 Å². The van der Waals surface area contributed by atoms with Gasteiger partial charge in [0.25, 0.3) is 0 Å². The Morgan fingerprint density at radius 3 is 1.06 bits per heavy atom. The Morgan fingerprint density at radius 1 is 0.408 bits per heavy atom. The Morgan fingerprint density at radius 2 is 0.721 bits per heavy atom. The molecule has 4 N–H and O–H groups in total. The number of Topliss-reactive ketones (excluding diaryl/α,β-unsaturated/α-hetero) is 5. The van der Waals surface area contributed by atoms with Crippen LogP contribution in [0.5, 0.6) is 0 Å². The largest absolute Gasteiger partial charge is 0.391 e. The summed E-state index contributed by atoms with van der Waals surface area (Å²) in [6.07, 6.45) is 0.858. The van der Waals surface area contributed by atoms with Crippen LogP contribution < -0.4 is 0 Å². The maximum absolute atomic E-state index is 14.0. The van der Waals surface area contributed by atoms with Crippen LogP contribution in [0.3, 0.4) is 0 Å². The minimum Gasteiger partial charge on any atom is -0.391 e. The Bertz CT molecular complexity index is 6350. The first kappa shape index (κ1) is 115. The molecule has 15 rings (SSSR count). The molecule has 0 radical (unpaired) electrons. The quantitative estimate of drug-likeness (QED) is 0.0313. The van der Waals surface area contributed by atoms with Crippen molar-refractivity contribution in [2.45, 2.75) is 344 Å². The number of benzene rings is 4. The molecule has 11 aromatic rings. The van der Waals surface area contributed by atoms with E-state index in [1.54, 1.807) is 55.0 Å². The highest BCUT2D eigenvalue weighted by atomic mass is 35.5. The second-order valence-corrected chi connectivity index (χ2v) is 49.3. The fourth-order valence-electron chi connectivity index (χ4n) is 19.4. The van der Waals surface area contributed by atoms with Gasteiger partial charge < -0.3 is 58.1 Å². The summed E-state index contributed by atoms with van der Waals surface area (Å²) in [5.74, 6) is -1.87. The van der Waals surface area contributed by atoms with Gasteiger partial charge in [-0.25, -0.2) is 15.0 Å². The molecule has 32 heteroatoms. The number of aliphatic hydroxyl groups excluding tert-OH is 4. The molecule has 790 valence electrons. The predicted octanol–water partition coefficient (Wildman–Crippen LogP) is 21.4. The molecular formula is C115H148ClN11O17S3. The number of carbonyl (C=O) groups excluding carboxylic acids is 9. The monoisotopic (exact) mass is 2090 g/mol. The summed E-state index contributed by atoms with van der Waals surface area (Å²) in [5, 5.41) is 58.2. The summed E-state index contributed by atoms with van der Waals surface area (Å²) < 4.78 is 22.5. The van der Waals surface area contributed by atoms with Gasteiger partial charge in [0.05, 0.1) is 127 Å². The minimum absolute atomic E-state index is 0.0224. The van der Waals surface area contributed by atoms with Crippen LogP contribution in [0.1, 0.15) is 331 Å². The molecular weight excluding hydrogens is 1940 g/mol. The average Bonchev–Trinajstić information content (AvgIpc) is 1.64. The van der Waals surface area contributed by atoms with E-state index < -0.39 is 71.6 Å². The topological polar surface area (TPSA) is 390 Å². The van der Waals surface area contributed by atoms with E-state index in [0.29, 0.717) is 53.0 Å². The number of β-amino-alcohol motifs (C(OH)–C–C–N with tert-alkyl or cyclic N) is 3. The summed E-state index contributed by atoms with van der Waals surface area (Å²) in [4.78, 5) is 143. The normalized spacial score (nSPS) is 19.1. The zero-order valence-corrected chi connectivity index (χ0v) is 92.9. The zero-order valence-electron chi connectivity index (χ0n) is 89.7. The van der Waals surface area contributed by atoms with Gasteiger partial charge in [0.15, 0.2) is 28.9 Å². The molecule has 4 aromatic carbocycles. The number of aliphatic hydroxyl groups is 4. The molecule has 13 unspecified atom stereocenters.